The van der Waals surface area contributed by atoms with Crippen molar-refractivity contribution in [3.8, 4) is 5.75 Å². The second-order valence-corrected chi connectivity index (χ2v) is 6.54. The van der Waals surface area contributed by atoms with Crippen LogP contribution in [0.2, 0.25) is 0 Å². The van der Waals surface area contributed by atoms with Gasteiger partial charge in [-0.2, -0.15) is 0 Å². The van der Waals surface area contributed by atoms with Crippen molar-refractivity contribution in [1.29, 1.82) is 0 Å². The zero-order valence-electron chi connectivity index (χ0n) is 13.7. The molecule has 1 aliphatic heterocycles. The first kappa shape index (κ1) is 14.6. The highest BCUT2D eigenvalue weighted by atomic mass is 16.5. The molecule has 1 saturated heterocycles. The Bertz CT molecular complexity index is 650. The minimum absolute atomic E-state index is 0.750. The maximum Gasteiger partial charge on any atom is 0.120 e. The minimum atomic E-state index is 0.750. The zero-order chi connectivity index (χ0) is 15.6. The van der Waals surface area contributed by atoms with Crippen LogP contribution in [-0.4, -0.2) is 44.2 Å². The smallest absolute Gasteiger partial charge is 0.120 e. The molecular formula is C20H24N2O. The lowest BCUT2D eigenvalue weighted by Crippen LogP contribution is -2.47. The fraction of sp³-hybridized carbons (Fsp3) is 0.400. The van der Waals surface area contributed by atoms with Gasteiger partial charge in [-0.15, -0.1) is 0 Å². The Kier molecular flexibility index (Phi) is 3.96. The van der Waals surface area contributed by atoms with Crippen LogP contribution in [0.5, 0.6) is 5.75 Å². The third-order valence-electron chi connectivity index (χ3n) is 5.19. The van der Waals surface area contributed by atoms with Crippen molar-refractivity contribution in [2.24, 2.45) is 0 Å². The van der Waals surface area contributed by atoms with Crippen LogP contribution in [-0.2, 0) is 0 Å². The molecule has 0 radical (unpaired) electrons. The monoisotopic (exact) mass is 308 g/mol. The molecule has 2 aromatic rings. The highest BCUT2D eigenvalue weighted by Crippen LogP contribution is 2.44. The molecule has 3 heteroatoms. The largest absolute Gasteiger partial charge is 0.497 e. The summed E-state index contributed by atoms with van der Waals surface area (Å²) in [6.45, 7) is 4.52. The van der Waals surface area contributed by atoms with E-state index in [0.717, 1.165) is 43.9 Å². The van der Waals surface area contributed by atoms with Crippen LogP contribution < -0.4 is 9.64 Å². The zero-order valence-corrected chi connectivity index (χ0v) is 13.7. The van der Waals surface area contributed by atoms with Gasteiger partial charge < -0.3 is 9.64 Å². The number of ether oxygens (including phenoxy) is 1. The Hall–Kier alpha value is -2.00. The van der Waals surface area contributed by atoms with Gasteiger partial charge in [0.25, 0.3) is 0 Å². The molecular weight excluding hydrogens is 284 g/mol. The fourth-order valence-corrected chi connectivity index (χ4v) is 3.76. The molecule has 0 N–H and O–H groups in total. The van der Waals surface area contributed by atoms with Gasteiger partial charge in [0, 0.05) is 49.9 Å². The van der Waals surface area contributed by atoms with E-state index < -0.39 is 0 Å². The summed E-state index contributed by atoms with van der Waals surface area (Å²) in [5.74, 6) is 1.69. The second-order valence-electron chi connectivity index (χ2n) is 6.54. The molecule has 1 aliphatic carbocycles. The molecule has 0 unspecified atom stereocenters. The number of benzene rings is 2. The quantitative estimate of drug-likeness (QED) is 0.861. The van der Waals surface area contributed by atoms with Gasteiger partial charge in [-0.3, -0.25) is 4.90 Å². The Morgan fingerprint density at radius 3 is 2.43 bits per heavy atom. The molecule has 0 amide bonds. The van der Waals surface area contributed by atoms with Crippen molar-refractivity contribution in [3.63, 3.8) is 0 Å². The molecule has 2 fully saturated rings. The van der Waals surface area contributed by atoms with E-state index in [9.17, 15) is 0 Å². The number of rotatable bonds is 4. The lowest BCUT2D eigenvalue weighted by Gasteiger charge is -2.36. The molecule has 0 bridgehead atoms. The van der Waals surface area contributed by atoms with Gasteiger partial charge in [-0.05, 0) is 24.1 Å². The van der Waals surface area contributed by atoms with Gasteiger partial charge in [0.2, 0.25) is 0 Å². The average molecular weight is 308 g/mol. The average Bonchev–Trinajstić information content (AvgIpc) is 3.43. The van der Waals surface area contributed by atoms with Crippen LogP contribution in [0.25, 0.3) is 0 Å². The molecule has 2 atom stereocenters. The van der Waals surface area contributed by atoms with E-state index in [4.69, 9.17) is 4.74 Å². The second kappa shape index (κ2) is 6.25. The van der Waals surface area contributed by atoms with E-state index in [2.05, 4.69) is 58.3 Å². The summed E-state index contributed by atoms with van der Waals surface area (Å²) in [4.78, 5) is 5.15. The van der Waals surface area contributed by atoms with E-state index >= 15 is 0 Å². The van der Waals surface area contributed by atoms with Gasteiger partial charge in [0.05, 0.1) is 7.11 Å². The number of methoxy groups -OCH3 is 1. The van der Waals surface area contributed by atoms with Gasteiger partial charge >= 0.3 is 0 Å². The van der Waals surface area contributed by atoms with Gasteiger partial charge in [-0.25, -0.2) is 0 Å². The van der Waals surface area contributed by atoms with Crippen molar-refractivity contribution in [1.82, 2.24) is 4.90 Å². The van der Waals surface area contributed by atoms with E-state index in [0.29, 0.717) is 0 Å². The minimum Gasteiger partial charge on any atom is -0.497 e. The van der Waals surface area contributed by atoms with E-state index in [1.165, 1.54) is 17.7 Å². The molecule has 1 saturated carbocycles. The van der Waals surface area contributed by atoms with Gasteiger partial charge in [0.15, 0.2) is 0 Å². The fourth-order valence-electron chi connectivity index (χ4n) is 3.76. The maximum absolute atomic E-state index is 5.34. The molecule has 0 aromatic heterocycles. The summed E-state index contributed by atoms with van der Waals surface area (Å²) < 4.78 is 5.34. The Morgan fingerprint density at radius 2 is 1.70 bits per heavy atom. The number of anilines is 1. The number of hydrogen-bond acceptors (Lipinski definition) is 3. The van der Waals surface area contributed by atoms with E-state index in [-0.39, 0.29) is 0 Å². The van der Waals surface area contributed by atoms with Crippen LogP contribution >= 0.6 is 0 Å². The molecule has 2 aromatic carbocycles. The highest BCUT2D eigenvalue weighted by Gasteiger charge is 2.43. The van der Waals surface area contributed by atoms with E-state index in [1.807, 2.05) is 6.07 Å². The van der Waals surface area contributed by atoms with Crippen molar-refractivity contribution < 1.29 is 4.74 Å². The van der Waals surface area contributed by atoms with Crippen molar-refractivity contribution in [2.45, 2.75) is 18.4 Å². The van der Waals surface area contributed by atoms with Crippen LogP contribution in [0.1, 0.15) is 17.9 Å². The summed E-state index contributed by atoms with van der Waals surface area (Å²) in [5.41, 5.74) is 2.78. The Balaban J connectivity index is 1.35. The number of hydrogen-bond donors (Lipinski definition) is 0. The van der Waals surface area contributed by atoms with Crippen LogP contribution in [0, 0.1) is 0 Å². The van der Waals surface area contributed by atoms with Crippen molar-refractivity contribution in [3.05, 3.63) is 60.2 Å². The van der Waals surface area contributed by atoms with Crippen LogP contribution in [0.15, 0.2) is 54.6 Å². The lowest BCUT2D eigenvalue weighted by atomic mass is 10.1. The van der Waals surface area contributed by atoms with Crippen LogP contribution in [0.4, 0.5) is 5.69 Å². The number of nitrogens with zero attached hydrogens (tertiary/aromatic N) is 2. The predicted octanol–water partition coefficient (Wildman–Crippen LogP) is 3.37. The molecule has 1 heterocycles. The summed E-state index contributed by atoms with van der Waals surface area (Å²) in [6, 6.07) is 20.1. The number of piperazine rings is 1. The maximum atomic E-state index is 5.34. The van der Waals surface area contributed by atoms with Crippen molar-refractivity contribution >= 4 is 5.69 Å². The Labute approximate surface area is 138 Å². The van der Waals surface area contributed by atoms with Gasteiger partial charge in [-0.1, -0.05) is 36.4 Å². The topological polar surface area (TPSA) is 15.7 Å². The summed E-state index contributed by atoms with van der Waals surface area (Å²) >= 11 is 0. The standard InChI is InChI=1S/C20H24N2O/c1-23-18-9-5-8-17(14-18)21-10-12-22(13-11-21)20-15-19(20)16-6-3-2-4-7-16/h2-9,14,19-20H,10-13,15H2,1H3/t19-,20+/m0/s1. The predicted molar refractivity (Wildman–Crippen MR) is 94.4 cm³/mol. The first-order chi connectivity index (χ1) is 11.3. The molecule has 2 aliphatic rings. The molecule has 23 heavy (non-hydrogen) atoms. The molecule has 4 rings (SSSR count). The normalized spacial score (nSPS) is 24.5. The van der Waals surface area contributed by atoms with E-state index in [1.54, 1.807) is 7.11 Å². The highest BCUT2D eigenvalue weighted by molar-refractivity contribution is 5.51. The molecule has 120 valence electrons. The third kappa shape index (κ3) is 3.06. The summed E-state index contributed by atoms with van der Waals surface area (Å²) in [6.07, 6.45) is 1.32. The van der Waals surface area contributed by atoms with Crippen molar-refractivity contribution in [2.75, 3.05) is 38.2 Å². The molecule has 0 spiro atoms. The lowest BCUT2D eigenvalue weighted by molar-refractivity contribution is 0.244. The molecule has 3 nitrogen and oxygen atoms in total. The summed E-state index contributed by atoms with van der Waals surface area (Å²) in [7, 11) is 1.73. The summed E-state index contributed by atoms with van der Waals surface area (Å²) in [5, 5.41) is 0. The van der Waals surface area contributed by atoms with Crippen LogP contribution in [0.3, 0.4) is 0 Å². The van der Waals surface area contributed by atoms with Gasteiger partial charge in [0.1, 0.15) is 5.75 Å². The first-order valence-corrected chi connectivity index (χ1v) is 8.53. The first-order valence-electron chi connectivity index (χ1n) is 8.53. The SMILES string of the molecule is COc1cccc(N2CCN([C@@H]3C[C@H]3c3ccccc3)CC2)c1. The Morgan fingerprint density at radius 1 is 0.913 bits per heavy atom. The third-order valence-corrected chi connectivity index (χ3v) is 5.19.